The molecule has 2 aromatic carbocycles. The van der Waals surface area contributed by atoms with E-state index in [-0.39, 0.29) is 11.6 Å². The van der Waals surface area contributed by atoms with E-state index in [4.69, 9.17) is 4.42 Å². The minimum absolute atomic E-state index is 0.0105. The molecule has 0 amide bonds. The Kier molecular flexibility index (Phi) is 3.13. The van der Waals surface area contributed by atoms with Crippen LogP contribution in [0.15, 0.2) is 59.1 Å². The number of hydrogen-bond donors (Lipinski definition) is 0. The first kappa shape index (κ1) is 14.1. The van der Waals surface area contributed by atoms with Crippen LogP contribution in [-0.4, -0.2) is 19.5 Å². The molecule has 0 saturated carbocycles. The van der Waals surface area contributed by atoms with Gasteiger partial charge in [0.25, 0.3) is 5.69 Å². The van der Waals surface area contributed by atoms with Gasteiger partial charge in [0.2, 0.25) is 5.89 Å². The molecule has 2 aromatic heterocycles. The first-order chi connectivity index (χ1) is 11.6. The number of nitro groups is 1. The van der Waals surface area contributed by atoms with E-state index in [1.54, 1.807) is 18.3 Å². The quantitative estimate of drug-likeness (QED) is 0.422. The molecular formula is C17H12N4O3. The van der Waals surface area contributed by atoms with Gasteiger partial charge in [0.05, 0.1) is 16.8 Å². The summed E-state index contributed by atoms with van der Waals surface area (Å²) in [6.07, 6.45) is 1.77. The first-order valence-electron chi connectivity index (χ1n) is 7.28. The van der Waals surface area contributed by atoms with Gasteiger partial charge in [0.1, 0.15) is 0 Å². The maximum atomic E-state index is 10.9. The lowest BCUT2D eigenvalue weighted by Gasteiger charge is -1.96. The molecule has 0 aliphatic heterocycles. The molecule has 4 aromatic rings. The number of rotatable bonds is 3. The van der Waals surface area contributed by atoms with E-state index in [0.717, 1.165) is 11.3 Å². The van der Waals surface area contributed by atoms with Gasteiger partial charge >= 0.3 is 5.84 Å². The van der Waals surface area contributed by atoms with Gasteiger partial charge in [-0.25, -0.2) is 0 Å². The topological polar surface area (TPSA) is 86.5 Å². The van der Waals surface area contributed by atoms with Crippen molar-refractivity contribution in [2.75, 3.05) is 0 Å². The highest BCUT2D eigenvalue weighted by atomic mass is 16.6. The van der Waals surface area contributed by atoms with Crippen LogP contribution in [0.25, 0.3) is 28.6 Å². The summed E-state index contributed by atoms with van der Waals surface area (Å²) in [5.74, 6) is 0.628. The molecular weight excluding hydrogens is 308 g/mol. The van der Waals surface area contributed by atoms with Crippen LogP contribution < -0.4 is 0 Å². The highest BCUT2D eigenvalue weighted by molar-refractivity contribution is 5.63. The molecule has 24 heavy (non-hydrogen) atoms. The van der Waals surface area contributed by atoms with Crippen molar-refractivity contribution in [3.63, 3.8) is 0 Å². The van der Waals surface area contributed by atoms with Crippen molar-refractivity contribution in [3.05, 3.63) is 70.4 Å². The van der Waals surface area contributed by atoms with Crippen LogP contribution in [0.3, 0.4) is 0 Å². The third-order valence-electron chi connectivity index (χ3n) is 3.69. The van der Waals surface area contributed by atoms with Gasteiger partial charge in [0, 0.05) is 23.3 Å². The number of fused-ring (bicyclic) bond motifs is 1. The Bertz CT molecular complexity index is 1020. The predicted molar refractivity (Wildman–Crippen MR) is 87.5 cm³/mol. The lowest BCUT2D eigenvalue weighted by atomic mass is 10.1. The Hall–Kier alpha value is -3.48. The average molecular weight is 320 g/mol. The molecule has 0 N–H and O–H groups in total. The molecule has 0 fully saturated rings. The minimum Gasteiger partial charge on any atom is -0.403 e. The number of non-ortho nitro benzene ring substituents is 1. The third-order valence-corrected chi connectivity index (χ3v) is 3.69. The maximum Gasteiger partial charge on any atom is 0.325 e. The van der Waals surface area contributed by atoms with Crippen LogP contribution in [0.4, 0.5) is 5.69 Å². The summed E-state index contributed by atoms with van der Waals surface area (Å²) in [4.78, 5) is 14.8. The molecule has 0 atom stereocenters. The van der Waals surface area contributed by atoms with Crippen molar-refractivity contribution in [1.82, 2.24) is 14.6 Å². The summed E-state index contributed by atoms with van der Waals surface area (Å²) in [5, 5.41) is 15.2. The molecule has 4 rings (SSSR count). The Morgan fingerprint density at radius 1 is 1.12 bits per heavy atom. The normalized spacial score (nSPS) is 11.0. The Labute approximate surface area is 136 Å². The number of benzene rings is 2. The fourth-order valence-corrected chi connectivity index (χ4v) is 2.43. The zero-order valence-electron chi connectivity index (χ0n) is 12.7. The predicted octanol–water partition coefficient (Wildman–Crippen LogP) is 3.87. The molecule has 0 saturated heterocycles. The lowest BCUT2D eigenvalue weighted by molar-refractivity contribution is -0.384. The summed E-state index contributed by atoms with van der Waals surface area (Å²) < 4.78 is 7.16. The molecule has 0 spiro atoms. The van der Waals surface area contributed by atoms with Crippen LogP contribution in [-0.2, 0) is 0 Å². The summed E-state index contributed by atoms with van der Waals surface area (Å²) in [6, 6.07) is 14.1. The first-order valence-corrected chi connectivity index (χ1v) is 7.28. The van der Waals surface area contributed by atoms with Gasteiger partial charge in [-0.3, -0.25) is 10.1 Å². The van der Waals surface area contributed by atoms with E-state index in [1.807, 2.05) is 31.2 Å². The Morgan fingerprint density at radius 3 is 2.62 bits per heavy atom. The minimum atomic E-state index is -0.451. The largest absolute Gasteiger partial charge is 0.403 e. The fraction of sp³-hybridized carbons (Fsp3) is 0.0588. The third kappa shape index (κ3) is 2.41. The van der Waals surface area contributed by atoms with Crippen LogP contribution in [0.2, 0.25) is 0 Å². The van der Waals surface area contributed by atoms with E-state index in [9.17, 15) is 10.1 Å². The second kappa shape index (κ2) is 5.31. The molecule has 118 valence electrons. The lowest BCUT2D eigenvalue weighted by Crippen LogP contribution is -1.88. The molecule has 0 radical (unpaired) electrons. The van der Waals surface area contributed by atoms with Crippen LogP contribution in [0.1, 0.15) is 5.56 Å². The van der Waals surface area contributed by atoms with E-state index in [2.05, 4.69) is 10.1 Å². The van der Waals surface area contributed by atoms with Gasteiger partial charge < -0.3 is 4.42 Å². The highest BCUT2D eigenvalue weighted by Gasteiger charge is 2.15. The smallest absolute Gasteiger partial charge is 0.325 e. The van der Waals surface area contributed by atoms with Crippen molar-refractivity contribution < 1.29 is 9.34 Å². The number of nitrogens with zero attached hydrogens (tertiary/aromatic N) is 4. The second-order valence-corrected chi connectivity index (χ2v) is 5.43. The summed E-state index contributed by atoms with van der Waals surface area (Å²) in [6.45, 7) is 2.02. The number of aromatic nitrogens is 3. The van der Waals surface area contributed by atoms with Crippen molar-refractivity contribution in [2.45, 2.75) is 6.92 Å². The van der Waals surface area contributed by atoms with Crippen LogP contribution in [0.5, 0.6) is 0 Å². The van der Waals surface area contributed by atoms with Crippen molar-refractivity contribution >= 4 is 11.5 Å². The van der Waals surface area contributed by atoms with Crippen molar-refractivity contribution in [3.8, 4) is 22.7 Å². The average Bonchev–Trinajstić information content (AvgIpc) is 3.14. The van der Waals surface area contributed by atoms with E-state index in [0.29, 0.717) is 11.4 Å². The van der Waals surface area contributed by atoms with Gasteiger partial charge in [-0.05, 0) is 13.0 Å². The maximum absolute atomic E-state index is 10.9. The second-order valence-electron chi connectivity index (χ2n) is 5.43. The molecule has 0 unspecified atom stereocenters. The van der Waals surface area contributed by atoms with E-state index < -0.39 is 4.92 Å². The molecule has 7 nitrogen and oxygen atoms in total. The van der Waals surface area contributed by atoms with Crippen molar-refractivity contribution in [2.24, 2.45) is 0 Å². The fourth-order valence-electron chi connectivity index (χ4n) is 2.43. The summed E-state index contributed by atoms with van der Waals surface area (Å²) >= 11 is 0. The monoisotopic (exact) mass is 320 g/mol. The molecule has 0 aliphatic rings. The molecule has 2 heterocycles. The number of imidazole rings is 1. The highest BCUT2D eigenvalue weighted by Crippen LogP contribution is 2.26. The molecule has 0 bridgehead atoms. The van der Waals surface area contributed by atoms with Crippen LogP contribution >= 0.6 is 0 Å². The van der Waals surface area contributed by atoms with Gasteiger partial charge in [-0.2, -0.15) is 9.50 Å². The number of nitro benzene ring substituents is 1. The Balaban J connectivity index is 1.72. The summed E-state index contributed by atoms with van der Waals surface area (Å²) in [5.41, 5.74) is 3.42. The molecule has 7 heteroatoms. The summed E-state index contributed by atoms with van der Waals surface area (Å²) in [7, 11) is 0. The van der Waals surface area contributed by atoms with Gasteiger partial charge in [0.15, 0.2) is 0 Å². The number of hydrogen-bond acceptors (Lipinski definition) is 5. The van der Waals surface area contributed by atoms with Gasteiger partial charge in [-0.15, -0.1) is 5.10 Å². The standard InChI is InChI=1S/C17H12N4O3/c1-11-5-7-12(8-6-11)15-10-20-17(18-15)24-16(19-20)13-3-2-4-14(9-13)21(22)23/h2-10H,1H3. The van der Waals surface area contributed by atoms with Crippen LogP contribution in [0, 0.1) is 17.0 Å². The van der Waals surface area contributed by atoms with Gasteiger partial charge in [-0.1, -0.05) is 35.9 Å². The Morgan fingerprint density at radius 2 is 1.92 bits per heavy atom. The zero-order chi connectivity index (χ0) is 16.7. The van der Waals surface area contributed by atoms with E-state index >= 15 is 0 Å². The van der Waals surface area contributed by atoms with E-state index in [1.165, 1.54) is 22.2 Å². The molecule has 0 aliphatic carbocycles. The SMILES string of the molecule is Cc1ccc(-c2cn3nc(-c4cccc([N+](=O)[O-])c4)oc3n2)cc1. The van der Waals surface area contributed by atoms with Crippen molar-refractivity contribution in [1.29, 1.82) is 0 Å². The zero-order valence-corrected chi connectivity index (χ0v) is 12.7. The number of aryl methyl sites for hydroxylation is 1.